The van der Waals surface area contributed by atoms with Crippen molar-refractivity contribution in [3.05, 3.63) is 79.3 Å². The molecular weight excluding hydrogens is 493 g/mol. The number of benzene rings is 2. The number of aromatic amines is 2. The average molecular weight is 520 g/mol. The van der Waals surface area contributed by atoms with Crippen molar-refractivity contribution in [3.8, 4) is 39.5 Å². The first-order valence-corrected chi connectivity index (χ1v) is 13.1. The molecule has 0 atom stereocenters. The van der Waals surface area contributed by atoms with E-state index in [4.69, 9.17) is 4.74 Å². The minimum absolute atomic E-state index is 0.341. The predicted octanol–water partition coefficient (Wildman–Crippen LogP) is 5.84. The molecule has 1 fully saturated rings. The quantitative estimate of drug-likeness (QED) is 0.275. The Hall–Kier alpha value is -4.63. The number of halogens is 1. The second-order valence-corrected chi connectivity index (χ2v) is 9.83. The lowest BCUT2D eigenvalue weighted by Gasteiger charge is -2.15. The Balaban J connectivity index is 1.23. The van der Waals surface area contributed by atoms with Crippen molar-refractivity contribution in [1.82, 2.24) is 35.0 Å². The van der Waals surface area contributed by atoms with Gasteiger partial charge in [-0.3, -0.25) is 25.0 Å². The van der Waals surface area contributed by atoms with Crippen molar-refractivity contribution >= 4 is 21.8 Å². The van der Waals surface area contributed by atoms with E-state index in [1.807, 2.05) is 24.3 Å². The lowest BCUT2D eigenvalue weighted by Crippen LogP contribution is -2.25. The molecule has 4 aromatic heterocycles. The van der Waals surface area contributed by atoms with Crippen LogP contribution in [0.4, 0.5) is 4.39 Å². The van der Waals surface area contributed by atoms with Crippen molar-refractivity contribution in [2.45, 2.75) is 12.8 Å². The highest BCUT2D eigenvalue weighted by atomic mass is 19.1. The van der Waals surface area contributed by atoms with Crippen LogP contribution in [0.25, 0.3) is 55.6 Å². The number of aromatic nitrogens is 6. The van der Waals surface area contributed by atoms with Gasteiger partial charge in [0.25, 0.3) is 0 Å². The molecule has 9 heteroatoms. The monoisotopic (exact) mass is 519 g/mol. The highest BCUT2D eigenvalue weighted by Crippen LogP contribution is 2.35. The molecule has 8 nitrogen and oxygen atoms in total. The molecule has 0 amide bonds. The summed E-state index contributed by atoms with van der Waals surface area (Å²) in [5.41, 5.74) is 6.64. The highest BCUT2D eigenvalue weighted by Gasteiger charge is 2.16. The number of H-pyrrole nitrogens is 2. The van der Waals surface area contributed by atoms with E-state index in [0.717, 1.165) is 69.6 Å². The molecule has 0 spiro atoms. The Kier molecular flexibility index (Phi) is 5.97. The van der Waals surface area contributed by atoms with Crippen LogP contribution in [0.5, 0.6) is 5.75 Å². The molecule has 194 valence electrons. The SMILES string of the molecule is Fc1cc(OCCN2CCCC2)cc(-c2cncc3[nH]c(-c4n[nH]c5ccc(-c6cnccn6)cc45)cc23)c1. The van der Waals surface area contributed by atoms with E-state index in [-0.39, 0.29) is 5.82 Å². The number of rotatable bonds is 7. The van der Waals surface area contributed by atoms with Crippen molar-refractivity contribution in [2.24, 2.45) is 0 Å². The maximum Gasteiger partial charge on any atom is 0.127 e. The van der Waals surface area contributed by atoms with Gasteiger partial charge in [-0.15, -0.1) is 0 Å². The van der Waals surface area contributed by atoms with Crippen LogP contribution in [-0.4, -0.2) is 61.3 Å². The van der Waals surface area contributed by atoms with Crippen molar-refractivity contribution < 1.29 is 9.13 Å². The molecule has 0 bridgehead atoms. The van der Waals surface area contributed by atoms with Crippen molar-refractivity contribution in [3.63, 3.8) is 0 Å². The predicted molar refractivity (Wildman–Crippen MR) is 149 cm³/mol. The molecule has 0 radical (unpaired) electrons. The number of hydrogen-bond acceptors (Lipinski definition) is 6. The molecule has 39 heavy (non-hydrogen) atoms. The molecule has 1 aliphatic heterocycles. The van der Waals surface area contributed by atoms with Crippen LogP contribution >= 0.6 is 0 Å². The summed E-state index contributed by atoms with van der Waals surface area (Å²) in [6.07, 6.45) is 11.1. The van der Waals surface area contributed by atoms with Gasteiger partial charge in [-0.2, -0.15) is 5.10 Å². The normalized spacial score (nSPS) is 14.0. The molecule has 2 aromatic carbocycles. The Morgan fingerprint density at radius 1 is 0.872 bits per heavy atom. The Labute approximate surface area is 223 Å². The summed E-state index contributed by atoms with van der Waals surface area (Å²) < 4.78 is 20.6. The summed E-state index contributed by atoms with van der Waals surface area (Å²) >= 11 is 0. The summed E-state index contributed by atoms with van der Waals surface area (Å²) in [5.74, 6) is 0.179. The topological polar surface area (TPSA) is 95.6 Å². The molecule has 1 aliphatic rings. The molecule has 0 unspecified atom stereocenters. The lowest BCUT2D eigenvalue weighted by molar-refractivity contribution is 0.237. The van der Waals surface area contributed by atoms with E-state index in [1.165, 1.54) is 25.0 Å². The van der Waals surface area contributed by atoms with Gasteiger partial charge in [0.1, 0.15) is 23.9 Å². The number of likely N-dealkylation sites (tertiary alicyclic amines) is 1. The largest absolute Gasteiger partial charge is 0.492 e. The second-order valence-electron chi connectivity index (χ2n) is 9.83. The Morgan fingerprint density at radius 3 is 2.67 bits per heavy atom. The fourth-order valence-corrected chi connectivity index (χ4v) is 5.34. The number of hydrogen-bond donors (Lipinski definition) is 2. The van der Waals surface area contributed by atoms with Crippen LogP contribution in [0.15, 0.2) is 73.4 Å². The summed E-state index contributed by atoms with van der Waals surface area (Å²) in [6, 6.07) is 12.9. The second kappa shape index (κ2) is 9.92. The van der Waals surface area contributed by atoms with Gasteiger partial charge in [0, 0.05) is 53.1 Å². The van der Waals surface area contributed by atoms with Crippen LogP contribution in [0.2, 0.25) is 0 Å². The van der Waals surface area contributed by atoms with Gasteiger partial charge in [0.15, 0.2) is 0 Å². The van der Waals surface area contributed by atoms with Crippen molar-refractivity contribution in [2.75, 3.05) is 26.2 Å². The summed E-state index contributed by atoms with van der Waals surface area (Å²) in [5, 5.41) is 9.60. The minimum Gasteiger partial charge on any atom is -0.492 e. The zero-order valence-electron chi connectivity index (χ0n) is 21.2. The summed E-state index contributed by atoms with van der Waals surface area (Å²) in [4.78, 5) is 18.9. The first kappa shape index (κ1) is 23.5. The van der Waals surface area contributed by atoms with E-state index in [1.54, 1.807) is 31.0 Å². The molecule has 0 aliphatic carbocycles. The van der Waals surface area contributed by atoms with E-state index < -0.39 is 0 Å². The summed E-state index contributed by atoms with van der Waals surface area (Å²) in [7, 11) is 0. The van der Waals surface area contributed by atoms with Crippen LogP contribution in [0.3, 0.4) is 0 Å². The zero-order valence-corrected chi connectivity index (χ0v) is 21.2. The van der Waals surface area contributed by atoms with E-state index in [2.05, 4.69) is 41.1 Å². The third kappa shape index (κ3) is 4.61. The first-order valence-electron chi connectivity index (χ1n) is 13.1. The summed E-state index contributed by atoms with van der Waals surface area (Å²) in [6.45, 7) is 3.59. The Morgan fingerprint density at radius 2 is 1.79 bits per heavy atom. The van der Waals surface area contributed by atoms with Gasteiger partial charge in [-0.25, -0.2) is 4.39 Å². The fraction of sp³-hybridized carbons (Fsp3) is 0.200. The van der Waals surface area contributed by atoms with E-state index in [9.17, 15) is 4.39 Å². The number of ether oxygens (including phenoxy) is 1. The first-order chi connectivity index (χ1) is 19.2. The van der Waals surface area contributed by atoms with E-state index in [0.29, 0.717) is 17.9 Å². The molecule has 5 heterocycles. The molecule has 0 saturated carbocycles. The van der Waals surface area contributed by atoms with Gasteiger partial charge in [-0.05, 0) is 61.8 Å². The van der Waals surface area contributed by atoms with Crippen LogP contribution in [0, 0.1) is 5.82 Å². The number of pyridine rings is 1. The van der Waals surface area contributed by atoms with Gasteiger partial charge in [0.2, 0.25) is 0 Å². The maximum atomic E-state index is 14.7. The van der Waals surface area contributed by atoms with Crippen LogP contribution in [-0.2, 0) is 0 Å². The van der Waals surface area contributed by atoms with Gasteiger partial charge in [0.05, 0.1) is 34.8 Å². The number of nitrogens with one attached hydrogen (secondary N) is 2. The average Bonchev–Trinajstić information content (AvgIpc) is 3.72. The third-order valence-corrected chi connectivity index (χ3v) is 7.28. The Bertz CT molecular complexity index is 1770. The molecule has 2 N–H and O–H groups in total. The minimum atomic E-state index is -0.341. The van der Waals surface area contributed by atoms with E-state index >= 15 is 0 Å². The smallest absolute Gasteiger partial charge is 0.127 e. The zero-order chi connectivity index (χ0) is 26.2. The lowest BCUT2D eigenvalue weighted by atomic mass is 10.0. The highest BCUT2D eigenvalue weighted by molar-refractivity contribution is 6.01. The molecular formula is C30H26FN7O. The van der Waals surface area contributed by atoms with Crippen molar-refractivity contribution in [1.29, 1.82) is 0 Å². The molecule has 6 aromatic rings. The number of nitrogens with zero attached hydrogens (tertiary/aromatic N) is 5. The molecule has 1 saturated heterocycles. The maximum absolute atomic E-state index is 14.7. The molecule has 7 rings (SSSR count). The van der Waals surface area contributed by atoms with Gasteiger partial charge in [-0.1, -0.05) is 6.07 Å². The third-order valence-electron chi connectivity index (χ3n) is 7.28. The van der Waals surface area contributed by atoms with Gasteiger partial charge < -0.3 is 9.72 Å². The fourth-order valence-electron chi connectivity index (χ4n) is 5.34. The standard InChI is InChI=1S/C30H26FN7O/c31-21-11-20(12-22(14-21)39-10-9-38-7-1-2-8-38)25-16-33-18-29-23(25)15-27(35-29)30-24-13-19(3-4-26(24)36-37-30)28-17-32-5-6-34-28/h3-6,11-18,35H,1-2,7-10H2,(H,36,37). The van der Waals surface area contributed by atoms with Gasteiger partial charge >= 0.3 is 0 Å². The number of fused-ring (bicyclic) bond motifs is 2. The van der Waals surface area contributed by atoms with Crippen LogP contribution < -0.4 is 4.74 Å². The van der Waals surface area contributed by atoms with Crippen LogP contribution in [0.1, 0.15) is 12.8 Å².